The molecule has 0 bridgehead atoms. The molecule has 0 spiro atoms. The van der Waals surface area contributed by atoms with Gasteiger partial charge in [0, 0.05) is 7.11 Å². The Bertz CT molecular complexity index is 46.3. The van der Waals surface area contributed by atoms with Crippen molar-refractivity contribution in [1.82, 2.24) is 0 Å². The van der Waals surface area contributed by atoms with Crippen molar-refractivity contribution < 1.29 is 4.74 Å². The van der Waals surface area contributed by atoms with Gasteiger partial charge in [-0.2, -0.15) is 0 Å². The first-order chi connectivity index (χ1) is 3.72. The third-order valence-electron chi connectivity index (χ3n) is 1.45. The second-order valence-corrected chi connectivity index (χ2v) is 2.43. The van der Waals surface area contributed by atoms with E-state index in [1.165, 1.54) is 0 Å². The molecule has 0 rings (SSSR count). The summed E-state index contributed by atoms with van der Waals surface area (Å²) in [6.07, 6.45) is 1.57. The van der Waals surface area contributed by atoms with Crippen LogP contribution in [0.4, 0.5) is 0 Å². The molecule has 0 aliphatic rings. The summed E-state index contributed by atoms with van der Waals surface area (Å²) in [6, 6.07) is 0. The van der Waals surface area contributed by atoms with Crippen molar-refractivity contribution in [1.29, 1.82) is 0 Å². The van der Waals surface area contributed by atoms with E-state index in [9.17, 15) is 0 Å². The third kappa shape index (κ3) is 2.31. The van der Waals surface area contributed by atoms with Gasteiger partial charge in [-0.15, -0.1) is 0 Å². The summed E-state index contributed by atoms with van der Waals surface area (Å²) in [5.74, 6) is 0.657. The lowest BCUT2D eigenvalue weighted by molar-refractivity contribution is 0.0621. The van der Waals surface area contributed by atoms with Gasteiger partial charge in [-0.3, -0.25) is 0 Å². The van der Waals surface area contributed by atoms with Crippen molar-refractivity contribution in [3.63, 3.8) is 0 Å². The van der Waals surface area contributed by atoms with E-state index in [4.69, 9.17) is 4.74 Å². The minimum Gasteiger partial charge on any atom is -0.381 e. The third-order valence-corrected chi connectivity index (χ3v) is 1.45. The summed E-state index contributed by atoms with van der Waals surface area (Å²) in [7, 11) is 1.77. The van der Waals surface area contributed by atoms with Crippen LogP contribution in [0.5, 0.6) is 0 Å². The van der Waals surface area contributed by atoms with Crippen molar-refractivity contribution in [2.75, 3.05) is 7.11 Å². The van der Waals surface area contributed by atoms with E-state index in [1.54, 1.807) is 7.11 Å². The highest BCUT2D eigenvalue weighted by molar-refractivity contribution is 4.57. The molecule has 0 heterocycles. The summed E-state index contributed by atoms with van der Waals surface area (Å²) in [5.41, 5.74) is 0. The molecule has 1 atom stereocenters. The Labute approximate surface area is 52.0 Å². The lowest BCUT2D eigenvalue weighted by atomic mass is 10.1. The lowest BCUT2D eigenvalue weighted by Gasteiger charge is -2.15. The number of ether oxygens (including phenoxy) is 1. The maximum absolute atomic E-state index is 5.16. The van der Waals surface area contributed by atoms with Gasteiger partial charge in [0.1, 0.15) is 0 Å². The van der Waals surface area contributed by atoms with Gasteiger partial charge in [-0.25, -0.2) is 0 Å². The lowest BCUT2D eigenvalue weighted by Crippen LogP contribution is -2.15. The molecule has 8 heavy (non-hydrogen) atoms. The maximum Gasteiger partial charge on any atom is 0.0591 e. The van der Waals surface area contributed by atoms with E-state index in [2.05, 4.69) is 20.8 Å². The summed E-state index contributed by atoms with van der Waals surface area (Å²) in [4.78, 5) is 0. The molecule has 50 valence electrons. The van der Waals surface area contributed by atoms with Crippen LogP contribution in [-0.2, 0) is 4.74 Å². The minimum atomic E-state index is 0.454. The highest BCUT2D eigenvalue weighted by atomic mass is 16.5. The van der Waals surface area contributed by atoms with Crippen LogP contribution in [-0.4, -0.2) is 13.2 Å². The number of hydrogen-bond acceptors (Lipinski definition) is 1. The van der Waals surface area contributed by atoms with Gasteiger partial charge in [0.05, 0.1) is 6.10 Å². The SMILES string of the molecule is CCC(OC)C(C)C. The second kappa shape index (κ2) is 3.90. The van der Waals surface area contributed by atoms with E-state index < -0.39 is 0 Å². The van der Waals surface area contributed by atoms with Crippen LogP contribution in [0.2, 0.25) is 0 Å². The fourth-order valence-corrected chi connectivity index (χ4v) is 0.910. The maximum atomic E-state index is 5.16. The van der Waals surface area contributed by atoms with E-state index in [0.717, 1.165) is 6.42 Å². The van der Waals surface area contributed by atoms with Crippen molar-refractivity contribution in [2.45, 2.75) is 33.3 Å². The predicted molar refractivity (Wildman–Crippen MR) is 35.9 cm³/mol. The molecule has 0 amide bonds. The Balaban J connectivity index is 3.35. The van der Waals surface area contributed by atoms with Crippen LogP contribution in [0, 0.1) is 5.92 Å². The van der Waals surface area contributed by atoms with Crippen molar-refractivity contribution in [3.05, 3.63) is 0 Å². The average molecular weight is 116 g/mol. The van der Waals surface area contributed by atoms with Gasteiger partial charge in [-0.05, 0) is 12.3 Å². The molecule has 0 saturated carbocycles. The number of hydrogen-bond donors (Lipinski definition) is 0. The highest BCUT2D eigenvalue weighted by Crippen LogP contribution is 2.07. The van der Waals surface area contributed by atoms with E-state index >= 15 is 0 Å². The van der Waals surface area contributed by atoms with Crippen LogP contribution >= 0.6 is 0 Å². The Morgan fingerprint density at radius 2 is 1.88 bits per heavy atom. The minimum absolute atomic E-state index is 0.454. The van der Waals surface area contributed by atoms with Crippen LogP contribution in [0.1, 0.15) is 27.2 Å². The molecule has 0 radical (unpaired) electrons. The van der Waals surface area contributed by atoms with Gasteiger partial charge in [0.15, 0.2) is 0 Å². The van der Waals surface area contributed by atoms with Crippen LogP contribution in [0.3, 0.4) is 0 Å². The predicted octanol–water partition coefficient (Wildman–Crippen LogP) is 2.07. The molecule has 1 heteroatoms. The van der Waals surface area contributed by atoms with Crippen LogP contribution in [0.25, 0.3) is 0 Å². The first-order valence-corrected chi connectivity index (χ1v) is 3.25. The summed E-state index contributed by atoms with van der Waals surface area (Å²) >= 11 is 0. The molecule has 0 aliphatic carbocycles. The summed E-state index contributed by atoms with van der Waals surface area (Å²) in [5, 5.41) is 0. The molecule has 1 unspecified atom stereocenters. The van der Waals surface area contributed by atoms with E-state index in [-0.39, 0.29) is 0 Å². The summed E-state index contributed by atoms with van der Waals surface area (Å²) < 4.78 is 5.16. The number of methoxy groups -OCH3 is 1. The standard InChI is InChI=1S/C7H16O/c1-5-7(8-4)6(2)3/h6-7H,5H2,1-4H3. The Morgan fingerprint density at radius 1 is 1.38 bits per heavy atom. The molecule has 0 aromatic heterocycles. The molecule has 1 nitrogen and oxygen atoms in total. The van der Waals surface area contributed by atoms with Crippen LogP contribution in [0.15, 0.2) is 0 Å². The smallest absolute Gasteiger partial charge is 0.0591 e. The van der Waals surface area contributed by atoms with E-state index in [0.29, 0.717) is 12.0 Å². The molecule has 0 saturated heterocycles. The topological polar surface area (TPSA) is 9.23 Å². The van der Waals surface area contributed by atoms with Gasteiger partial charge in [0.25, 0.3) is 0 Å². The largest absolute Gasteiger partial charge is 0.381 e. The first kappa shape index (κ1) is 7.96. The van der Waals surface area contributed by atoms with Gasteiger partial charge < -0.3 is 4.74 Å². The molecule has 0 aromatic rings. The average Bonchev–Trinajstić information content (AvgIpc) is 1.69. The normalized spacial score (nSPS) is 14.6. The van der Waals surface area contributed by atoms with Crippen molar-refractivity contribution in [2.24, 2.45) is 5.92 Å². The first-order valence-electron chi connectivity index (χ1n) is 3.25. The molecular weight excluding hydrogens is 100 g/mol. The Hall–Kier alpha value is -0.0400. The molecule has 0 fully saturated rings. The zero-order valence-electron chi connectivity index (χ0n) is 6.27. The monoisotopic (exact) mass is 116 g/mol. The quantitative estimate of drug-likeness (QED) is 0.548. The number of rotatable bonds is 3. The zero-order valence-corrected chi connectivity index (χ0v) is 6.27. The fourth-order valence-electron chi connectivity index (χ4n) is 0.910. The zero-order chi connectivity index (χ0) is 6.57. The van der Waals surface area contributed by atoms with Gasteiger partial charge in [-0.1, -0.05) is 20.8 Å². The van der Waals surface area contributed by atoms with Crippen molar-refractivity contribution >= 4 is 0 Å². The van der Waals surface area contributed by atoms with Gasteiger partial charge in [0.2, 0.25) is 0 Å². The molecule has 0 N–H and O–H groups in total. The Morgan fingerprint density at radius 3 is 1.88 bits per heavy atom. The van der Waals surface area contributed by atoms with Crippen molar-refractivity contribution in [3.8, 4) is 0 Å². The highest BCUT2D eigenvalue weighted by Gasteiger charge is 2.07. The molecule has 0 aliphatic heterocycles. The van der Waals surface area contributed by atoms with E-state index in [1.807, 2.05) is 0 Å². The molecular formula is C7H16O. The van der Waals surface area contributed by atoms with Gasteiger partial charge >= 0.3 is 0 Å². The summed E-state index contributed by atoms with van der Waals surface area (Å²) in [6.45, 7) is 6.50. The van der Waals surface area contributed by atoms with Crippen LogP contribution < -0.4 is 0 Å². The second-order valence-electron chi connectivity index (χ2n) is 2.43. The fraction of sp³-hybridized carbons (Fsp3) is 1.00. The Kier molecular flexibility index (Phi) is 3.88. The molecule has 0 aromatic carbocycles.